The molecule has 1 unspecified atom stereocenters. The number of alkyl halides is 3. The molecule has 2 aromatic heterocycles. The van der Waals surface area contributed by atoms with Crippen molar-refractivity contribution in [1.82, 2.24) is 19.5 Å². The number of benzene rings is 1. The van der Waals surface area contributed by atoms with Crippen LogP contribution in [0.4, 0.5) is 18.9 Å². The maximum atomic E-state index is 13.2. The van der Waals surface area contributed by atoms with E-state index in [2.05, 4.69) is 10.2 Å². The van der Waals surface area contributed by atoms with Crippen molar-refractivity contribution in [1.29, 1.82) is 0 Å². The third-order valence-corrected chi connectivity index (χ3v) is 6.31. The molecule has 2 fully saturated rings. The molecule has 0 spiro atoms. The summed E-state index contributed by atoms with van der Waals surface area (Å²) in [6.07, 6.45) is -0.743. The van der Waals surface area contributed by atoms with Gasteiger partial charge in [0.05, 0.1) is 5.56 Å². The van der Waals surface area contributed by atoms with Gasteiger partial charge in [-0.1, -0.05) is 6.07 Å². The Balaban J connectivity index is 1.38. The van der Waals surface area contributed by atoms with E-state index in [1.54, 1.807) is 28.0 Å². The van der Waals surface area contributed by atoms with Crippen LogP contribution in [0.25, 0.3) is 5.65 Å². The van der Waals surface area contributed by atoms with Crippen LogP contribution < -0.4 is 4.90 Å². The van der Waals surface area contributed by atoms with E-state index in [4.69, 9.17) is 0 Å². The average Bonchev–Trinajstić information content (AvgIpc) is 3.44. The number of hydrogen-bond acceptors (Lipinski definition) is 4. The van der Waals surface area contributed by atoms with Crippen LogP contribution in [-0.2, 0) is 11.0 Å². The molecule has 1 atom stereocenters. The van der Waals surface area contributed by atoms with Gasteiger partial charge in [-0.05, 0) is 49.6 Å². The molecule has 0 bridgehead atoms. The SMILES string of the molecule is O=C(c1cccc(N2CCCC2=O)c1)N1CCCC(c2nnc3ccc(C(F)(F)F)cn23)C1. The van der Waals surface area contributed by atoms with Gasteiger partial charge < -0.3 is 9.80 Å². The second-order valence-electron chi connectivity index (χ2n) is 8.49. The number of piperidine rings is 1. The van der Waals surface area contributed by atoms with Crippen LogP contribution in [0.5, 0.6) is 0 Å². The van der Waals surface area contributed by atoms with Gasteiger partial charge in [-0.25, -0.2) is 0 Å². The van der Waals surface area contributed by atoms with E-state index in [1.165, 1.54) is 10.5 Å². The average molecular weight is 457 g/mol. The zero-order valence-corrected chi connectivity index (χ0v) is 17.8. The summed E-state index contributed by atoms with van der Waals surface area (Å²) in [5.74, 6) is 0.0714. The van der Waals surface area contributed by atoms with Gasteiger partial charge in [0.15, 0.2) is 5.65 Å². The predicted molar refractivity (Wildman–Crippen MR) is 114 cm³/mol. The van der Waals surface area contributed by atoms with E-state index >= 15 is 0 Å². The summed E-state index contributed by atoms with van der Waals surface area (Å²) in [7, 11) is 0. The number of nitrogens with zero attached hydrogens (tertiary/aromatic N) is 5. The van der Waals surface area contributed by atoms with E-state index < -0.39 is 11.7 Å². The maximum absolute atomic E-state index is 13.2. The normalized spacial score (nSPS) is 19.5. The molecule has 2 aliphatic rings. The summed E-state index contributed by atoms with van der Waals surface area (Å²) in [4.78, 5) is 28.7. The molecule has 7 nitrogen and oxygen atoms in total. The number of anilines is 1. The number of pyridine rings is 1. The number of fused-ring (bicyclic) bond motifs is 1. The highest BCUT2D eigenvalue weighted by molar-refractivity contribution is 5.99. The summed E-state index contributed by atoms with van der Waals surface area (Å²) in [6.45, 7) is 1.53. The van der Waals surface area contributed by atoms with Crippen molar-refractivity contribution in [3.63, 3.8) is 0 Å². The molecule has 2 saturated heterocycles. The highest BCUT2D eigenvalue weighted by atomic mass is 19.4. The predicted octanol–water partition coefficient (Wildman–Crippen LogP) is 3.89. The number of rotatable bonds is 3. The summed E-state index contributed by atoms with van der Waals surface area (Å²) >= 11 is 0. The Morgan fingerprint density at radius 2 is 1.91 bits per heavy atom. The summed E-state index contributed by atoms with van der Waals surface area (Å²) in [5, 5.41) is 8.16. The Kier molecular flexibility index (Phi) is 5.30. The van der Waals surface area contributed by atoms with Crippen molar-refractivity contribution in [2.75, 3.05) is 24.5 Å². The molecule has 2 amide bonds. The van der Waals surface area contributed by atoms with Crippen molar-refractivity contribution in [3.8, 4) is 0 Å². The Hall–Kier alpha value is -3.43. The van der Waals surface area contributed by atoms with Crippen LogP contribution in [0.1, 0.15) is 53.3 Å². The summed E-state index contributed by atoms with van der Waals surface area (Å²) < 4.78 is 40.9. The van der Waals surface area contributed by atoms with E-state index in [1.807, 2.05) is 6.07 Å². The molecule has 33 heavy (non-hydrogen) atoms. The van der Waals surface area contributed by atoms with Crippen molar-refractivity contribution < 1.29 is 22.8 Å². The van der Waals surface area contributed by atoms with Gasteiger partial charge in [-0.2, -0.15) is 13.2 Å². The Morgan fingerprint density at radius 3 is 2.67 bits per heavy atom. The van der Waals surface area contributed by atoms with Gasteiger partial charge in [0.2, 0.25) is 5.91 Å². The molecule has 172 valence electrons. The summed E-state index contributed by atoms with van der Waals surface area (Å²) in [6, 6.07) is 9.33. The molecule has 3 aromatic rings. The number of carbonyl (C=O) groups excluding carboxylic acids is 2. The number of likely N-dealkylation sites (tertiary alicyclic amines) is 1. The first kappa shape index (κ1) is 21.4. The first-order valence-corrected chi connectivity index (χ1v) is 10.9. The lowest BCUT2D eigenvalue weighted by Gasteiger charge is -2.32. The Morgan fingerprint density at radius 1 is 1.06 bits per heavy atom. The zero-order chi connectivity index (χ0) is 23.2. The second-order valence-corrected chi connectivity index (χ2v) is 8.49. The molecular formula is C23H22F3N5O2. The van der Waals surface area contributed by atoms with E-state index in [0.717, 1.165) is 18.7 Å². The number of carbonyl (C=O) groups is 2. The standard InChI is InChI=1S/C23H22F3N5O2/c24-23(25,26)17-8-9-19-27-28-21(31(19)14-17)16-5-2-10-29(13-16)22(33)15-4-1-6-18(12-15)30-11-3-7-20(30)32/h1,4,6,8-9,12,14,16H,2-3,5,7,10-11,13H2. The highest BCUT2D eigenvalue weighted by Gasteiger charge is 2.33. The van der Waals surface area contributed by atoms with Crippen molar-refractivity contribution >= 4 is 23.1 Å². The minimum Gasteiger partial charge on any atom is -0.338 e. The van der Waals surface area contributed by atoms with Gasteiger partial charge in [0.1, 0.15) is 5.82 Å². The van der Waals surface area contributed by atoms with Gasteiger partial charge in [0, 0.05) is 49.4 Å². The fourth-order valence-corrected chi connectivity index (χ4v) is 4.64. The second kappa shape index (κ2) is 8.17. The number of hydrogen-bond donors (Lipinski definition) is 0. The monoisotopic (exact) mass is 457 g/mol. The minimum atomic E-state index is -4.47. The molecule has 4 heterocycles. The first-order chi connectivity index (χ1) is 15.8. The van der Waals surface area contributed by atoms with Crippen LogP contribution in [0.3, 0.4) is 0 Å². The van der Waals surface area contributed by atoms with Gasteiger partial charge in [-0.3, -0.25) is 14.0 Å². The molecule has 10 heteroatoms. The summed E-state index contributed by atoms with van der Waals surface area (Å²) in [5.41, 5.74) is 0.760. The lowest BCUT2D eigenvalue weighted by Crippen LogP contribution is -2.39. The molecule has 2 aliphatic heterocycles. The number of aromatic nitrogens is 3. The highest BCUT2D eigenvalue weighted by Crippen LogP contribution is 2.32. The zero-order valence-electron chi connectivity index (χ0n) is 17.8. The van der Waals surface area contributed by atoms with Crippen molar-refractivity contribution in [2.24, 2.45) is 0 Å². The molecule has 0 radical (unpaired) electrons. The quantitative estimate of drug-likeness (QED) is 0.598. The molecule has 0 aliphatic carbocycles. The van der Waals surface area contributed by atoms with E-state index in [-0.39, 0.29) is 17.7 Å². The number of amides is 2. The third-order valence-electron chi connectivity index (χ3n) is 6.31. The topological polar surface area (TPSA) is 70.8 Å². The van der Waals surface area contributed by atoms with Crippen molar-refractivity contribution in [2.45, 2.75) is 37.8 Å². The Labute approximate surface area is 187 Å². The van der Waals surface area contributed by atoms with Crippen LogP contribution in [-0.4, -0.2) is 50.9 Å². The minimum absolute atomic E-state index is 0.0505. The first-order valence-electron chi connectivity index (χ1n) is 10.9. The van der Waals surface area contributed by atoms with E-state index in [0.29, 0.717) is 61.6 Å². The number of halogens is 3. The lowest BCUT2D eigenvalue weighted by molar-refractivity contribution is -0.137. The van der Waals surface area contributed by atoms with Gasteiger partial charge >= 0.3 is 6.18 Å². The molecule has 0 N–H and O–H groups in total. The molecule has 5 rings (SSSR count). The van der Waals surface area contributed by atoms with Crippen LogP contribution >= 0.6 is 0 Å². The van der Waals surface area contributed by atoms with Crippen molar-refractivity contribution in [3.05, 3.63) is 59.5 Å². The molecule has 0 saturated carbocycles. The van der Waals surface area contributed by atoms with E-state index in [9.17, 15) is 22.8 Å². The molecular weight excluding hydrogens is 435 g/mol. The fraction of sp³-hybridized carbons (Fsp3) is 0.391. The van der Waals surface area contributed by atoms with Crippen LogP contribution in [0.2, 0.25) is 0 Å². The fourth-order valence-electron chi connectivity index (χ4n) is 4.64. The molecule has 1 aromatic carbocycles. The smallest absolute Gasteiger partial charge is 0.338 e. The van der Waals surface area contributed by atoms with Crippen LogP contribution in [0, 0.1) is 0 Å². The van der Waals surface area contributed by atoms with Gasteiger partial charge in [-0.15, -0.1) is 10.2 Å². The third kappa shape index (κ3) is 4.05. The van der Waals surface area contributed by atoms with Crippen LogP contribution in [0.15, 0.2) is 42.6 Å². The van der Waals surface area contributed by atoms with Gasteiger partial charge in [0.25, 0.3) is 5.91 Å². The lowest BCUT2D eigenvalue weighted by atomic mass is 9.96. The Bertz CT molecular complexity index is 1220. The largest absolute Gasteiger partial charge is 0.417 e. The maximum Gasteiger partial charge on any atom is 0.417 e.